The average molecular weight is 364 g/mol. The molecule has 1 aliphatic carbocycles. The van der Waals surface area contributed by atoms with Crippen molar-refractivity contribution in [3.63, 3.8) is 0 Å². The number of allylic oxidation sites excluding steroid dienone is 2. The van der Waals surface area contributed by atoms with Gasteiger partial charge < -0.3 is 14.6 Å². The largest absolute Gasteiger partial charge is 0.552 e. The van der Waals surface area contributed by atoms with Crippen LogP contribution in [0.2, 0.25) is 0 Å². The monoisotopic (exact) mass is 364 g/mol. The quantitative estimate of drug-likeness (QED) is 0.777. The number of amides is 1. The lowest BCUT2D eigenvalue weighted by Gasteiger charge is -2.35. The maximum absolute atomic E-state index is 12.6. The minimum Gasteiger partial charge on any atom is -0.531 e. The van der Waals surface area contributed by atoms with Gasteiger partial charge in [0.2, 0.25) is 0 Å². The van der Waals surface area contributed by atoms with E-state index in [2.05, 4.69) is 4.98 Å². The molecule has 1 saturated heterocycles. The zero-order valence-electron chi connectivity index (χ0n) is 13.8. The van der Waals surface area contributed by atoms with E-state index in [0.717, 1.165) is 33.7 Å². The van der Waals surface area contributed by atoms with Crippen LogP contribution in [-0.2, 0) is 11.2 Å². The molecule has 1 fully saturated rings. The van der Waals surface area contributed by atoms with Crippen molar-refractivity contribution >= 4 is 24.7 Å². The van der Waals surface area contributed by atoms with Crippen molar-refractivity contribution in [3.8, 4) is 5.75 Å². The van der Waals surface area contributed by atoms with Gasteiger partial charge in [-0.05, 0) is 30.3 Å². The zero-order chi connectivity index (χ0) is 18.5. The van der Waals surface area contributed by atoms with E-state index in [1.807, 2.05) is 12.2 Å². The third kappa shape index (κ3) is 2.90. The Kier molecular flexibility index (Phi) is 4.06. The normalized spacial score (nSPS) is 19.8. The highest BCUT2D eigenvalue weighted by Gasteiger charge is 2.44. The van der Waals surface area contributed by atoms with Gasteiger partial charge in [-0.25, -0.2) is 0 Å². The van der Waals surface area contributed by atoms with Gasteiger partial charge >= 0.3 is 19.2 Å². The molecule has 0 bridgehead atoms. The lowest BCUT2D eigenvalue weighted by atomic mass is 9.74. The Hall–Kier alpha value is -2.29. The molecule has 0 spiro atoms. The predicted octanol–water partition coefficient (Wildman–Crippen LogP) is 2.25. The SMILES string of the molecule is O=C(N1CCC(C2=CB(O)Oc3cnc4c(c32)C=CC4)CC1)C(F)(F)F. The second-order valence-electron chi connectivity index (χ2n) is 6.66. The summed E-state index contributed by atoms with van der Waals surface area (Å²) in [5.41, 5.74) is 3.58. The Morgan fingerprint density at radius 1 is 1.35 bits per heavy atom. The van der Waals surface area contributed by atoms with E-state index in [4.69, 9.17) is 4.65 Å². The summed E-state index contributed by atoms with van der Waals surface area (Å²) in [7, 11) is -1.11. The highest BCUT2D eigenvalue weighted by molar-refractivity contribution is 6.52. The molecular formula is C17H16BF3N2O3. The summed E-state index contributed by atoms with van der Waals surface area (Å²) in [6.45, 7) is 0.0749. The van der Waals surface area contributed by atoms with Gasteiger partial charge in [-0.2, -0.15) is 13.2 Å². The number of piperidine rings is 1. The topological polar surface area (TPSA) is 62.7 Å². The summed E-state index contributed by atoms with van der Waals surface area (Å²) in [5, 5.41) is 9.99. The van der Waals surface area contributed by atoms with Crippen LogP contribution in [0.5, 0.6) is 5.75 Å². The lowest BCUT2D eigenvalue weighted by Crippen LogP contribution is -2.45. The number of alkyl halides is 3. The summed E-state index contributed by atoms with van der Waals surface area (Å²) in [5.74, 6) is 0.255. The summed E-state index contributed by atoms with van der Waals surface area (Å²) in [6.07, 6.45) is 2.21. The van der Waals surface area contributed by atoms with Crippen molar-refractivity contribution in [2.75, 3.05) is 13.1 Å². The molecule has 0 aromatic carbocycles. The van der Waals surface area contributed by atoms with Gasteiger partial charge in [0.25, 0.3) is 0 Å². The first-order chi connectivity index (χ1) is 12.3. The van der Waals surface area contributed by atoms with Gasteiger partial charge in [0.15, 0.2) is 0 Å². The smallest absolute Gasteiger partial charge is 0.531 e. The van der Waals surface area contributed by atoms with Crippen LogP contribution in [0, 0.1) is 5.92 Å². The first kappa shape index (κ1) is 17.1. The van der Waals surface area contributed by atoms with E-state index >= 15 is 0 Å². The van der Waals surface area contributed by atoms with E-state index in [9.17, 15) is 23.0 Å². The number of halogens is 3. The number of hydrogen-bond donors (Lipinski definition) is 1. The molecule has 4 rings (SSSR count). The second-order valence-corrected chi connectivity index (χ2v) is 6.66. The molecule has 136 valence electrons. The third-order valence-corrected chi connectivity index (χ3v) is 5.08. The Labute approximate surface area is 148 Å². The molecule has 2 aliphatic heterocycles. The number of fused-ring (bicyclic) bond motifs is 3. The van der Waals surface area contributed by atoms with E-state index < -0.39 is 19.2 Å². The minimum absolute atomic E-state index is 0.0374. The van der Waals surface area contributed by atoms with Gasteiger partial charge in [0, 0.05) is 30.6 Å². The Morgan fingerprint density at radius 2 is 2.08 bits per heavy atom. The fourth-order valence-electron chi connectivity index (χ4n) is 3.88. The highest BCUT2D eigenvalue weighted by Crippen LogP contribution is 2.43. The highest BCUT2D eigenvalue weighted by atomic mass is 19.4. The average Bonchev–Trinajstić information content (AvgIpc) is 3.08. The number of aromatic nitrogens is 1. The van der Waals surface area contributed by atoms with Crippen LogP contribution in [0.3, 0.4) is 0 Å². The zero-order valence-corrected chi connectivity index (χ0v) is 13.8. The summed E-state index contributed by atoms with van der Waals surface area (Å²) in [4.78, 5) is 16.6. The standard InChI is InChI=1S/C17H16BF3N2O3/c19-17(20,21)16(24)23-6-4-10(5-7-23)12-8-18(25)26-14-9-22-13-3-1-2-11(13)15(12)14/h1-2,8-10,25H,3-7H2. The number of pyridine rings is 1. The molecular weight excluding hydrogens is 348 g/mol. The van der Waals surface area contributed by atoms with Crippen molar-refractivity contribution in [2.45, 2.75) is 25.4 Å². The lowest BCUT2D eigenvalue weighted by molar-refractivity contribution is -0.186. The molecule has 1 aromatic rings. The molecule has 5 nitrogen and oxygen atoms in total. The Bertz CT molecular complexity index is 814. The van der Waals surface area contributed by atoms with Gasteiger partial charge in [0.05, 0.1) is 11.9 Å². The van der Waals surface area contributed by atoms with E-state index in [1.165, 1.54) is 0 Å². The number of rotatable bonds is 1. The van der Waals surface area contributed by atoms with Crippen molar-refractivity contribution in [1.82, 2.24) is 9.88 Å². The molecule has 1 N–H and O–H groups in total. The summed E-state index contributed by atoms with van der Waals surface area (Å²) < 4.78 is 43.3. The summed E-state index contributed by atoms with van der Waals surface area (Å²) in [6, 6.07) is 0. The van der Waals surface area contributed by atoms with Crippen LogP contribution >= 0.6 is 0 Å². The number of carbonyl (C=O) groups excluding carboxylic acids is 1. The fraction of sp³-hybridized carbons (Fsp3) is 0.412. The van der Waals surface area contributed by atoms with Crippen LogP contribution < -0.4 is 4.65 Å². The van der Waals surface area contributed by atoms with Crippen LogP contribution in [0.1, 0.15) is 29.7 Å². The van der Waals surface area contributed by atoms with E-state index in [1.54, 1.807) is 12.2 Å². The molecule has 1 aromatic heterocycles. The van der Waals surface area contributed by atoms with E-state index in [-0.39, 0.29) is 19.0 Å². The number of nitrogens with zero attached hydrogens (tertiary/aromatic N) is 2. The Balaban J connectivity index is 1.59. The van der Waals surface area contributed by atoms with Crippen LogP contribution in [-0.4, -0.2) is 47.2 Å². The number of hydrogen-bond acceptors (Lipinski definition) is 4. The fourth-order valence-corrected chi connectivity index (χ4v) is 3.88. The first-order valence-electron chi connectivity index (χ1n) is 8.46. The van der Waals surface area contributed by atoms with Gasteiger partial charge in [-0.3, -0.25) is 9.78 Å². The van der Waals surface area contributed by atoms with Crippen molar-refractivity contribution in [1.29, 1.82) is 0 Å². The van der Waals surface area contributed by atoms with Crippen molar-refractivity contribution in [2.24, 2.45) is 5.92 Å². The van der Waals surface area contributed by atoms with Crippen molar-refractivity contribution in [3.05, 3.63) is 35.1 Å². The van der Waals surface area contributed by atoms with Crippen LogP contribution in [0.15, 0.2) is 18.2 Å². The van der Waals surface area contributed by atoms with Gasteiger partial charge in [-0.15, -0.1) is 0 Å². The van der Waals surface area contributed by atoms with Gasteiger partial charge in [-0.1, -0.05) is 12.2 Å². The van der Waals surface area contributed by atoms with Crippen LogP contribution in [0.25, 0.3) is 11.6 Å². The molecule has 3 heterocycles. The molecule has 3 aliphatic rings. The Morgan fingerprint density at radius 3 is 2.77 bits per heavy atom. The number of likely N-dealkylation sites (tertiary alicyclic amines) is 1. The minimum atomic E-state index is -4.84. The van der Waals surface area contributed by atoms with E-state index in [0.29, 0.717) is 18.6 Å². The molecule has 26 heavy (non-hydrogen) atoms. The second kappa shape index (κ2) is 6.16. The number of carbonyl (C=O) groups is 1. The molecule has 9 heteroatoms. The van der Waals surface area contributed by atoms with Gasteiger partial charge in [0.1, 0.15) is 5.75 Å². The maximum Gasteiger partial charge on any atom is 0.552 e. The molecule has 0 radical (unpaired) electrons. The molecule has 0 unspecified atom stereocenters. The first-order valence-corrected chi connectivity index (χ1v) is 8.46. The molecule has 0 saturated carbocycles. The maximum atomic E-state index is 12.6. The molecule has 0 atom stereocenters. The summed E-state index contributed by atoms with van der Waals surface area (Å²) >= 11 is 0. The van der Waals surface area contributed by atoms with Crippen molar-refractivity contribution < 1.29 is 27.6 Å². The molecule has 1 amide bonds. The third-order valence-electron chi connectivity index (χ3n) is 5.08. The predicted molar refractivity (Wildman–Crippen MR) is 88.9 cm³/mol. The van der Waals surface area contributed by atoms with Crippen LogP contribution in [0.4, 0.5) is 13.2 Å².